The van der Waals surface area contributed by atoms with E-state index in [0.717, 1.165) is 39.0 Å². The van der Waals surface area contributed by atoms with Crippen LogP contribution in [0.4, 0.5) is 0 Å². The van der Waals surface area contributed by atoms with E-state index < -0.39 is 0 Å². The molecule has 18 heavy (non-hydrogen) atoms. The molecule has 0 aromatic heterocycles. The first kappa shape index (κ1) is 15.0. The van der Waals surface area contributed by atoms with Gasteiger partial charge in [-0.05, 0) is 25.9 Å². The maximum atomic E-state index is 11.9. The number of terminal acetylenes is 1. The highest BCUT2D eigenvalue weighted by molar-refractivity contribution is 5.78. The molecule has 102 valence electrons. The fourth-order valence-electron chi connectivity index (χ4n) is 2.57. The van der Waals surface area contributed by atoms with E-state index in [-0.39, 0.29) is 5.91 Å². The van der Waals surface area contributed by atoms with Gasteiger partial charge in [-0.15, -0.1) is 6.42 Å². The quantitative estimate of drug-likeness (QED) is 0.553. The van der Waals surface area contributed by atoms with Gasteiger partial charge in [0.25, 0.3) is 0 Å². The highest BCUT2D eigenvalue weighted by atomic mass is 16.2. The molecule has 1 amide bonds. The predicted molar refractivity (Wildman–Crippen MR) is 74.2 cm³/mol. The third kappa shape index (κ3) is 4.32. The second-order valence-electron chi connectivity index (χ2n) is 4.64. The first-order valence-corrected chi connectivity index (χ1v) is 6.88. The third-order valence-corrected chi connectivity index (χ3v) is 3.65. The summed E-state index contributed by atoms with van der Waals surface area (Å²) in [5.41, 5.74) is 0. The van der Waals surface area contributed by atoms with Crippen molar-refractivity contribution in [2.75, 3.05) is 39.3 Å². The van der Waals surface area contributed by atoms with Gasteiger partial charge in [-0.3, -0.25) is 10.1 Å². The number of hydrogen-bond donors (Lipinski definition) is 1. The van der Waals surface area contributed by atoms with E-state index in [9.17, 15) is 4.79 Å². The molecule has 0 unspecified atom stereocenters. The largest absolute Gasteiger partial charge is 0.341 e. The molecule has 1 aliphatic rings. The normalized spacial score (nSPS) is 16.9. The van der Waals surface area contributed by atoms with E-state index >= 15 is 0 Å². The Balaban J connectivity index is 2.30. The van der Waals surface area contributed by atoms with Crippen molar-refractivity contribution in [3.8, 4) is 12.3 Å². The van der Waals surface area contributed by atoms with Crippen molar-refractivity contribution in [3.05, 3.63) is 0 Å². The van der Waals surface area contributed by atoms with Crippen LogP contribution in [0, 0.1) is 12.3 Å². The number of carbonyl (C=O) groups excluding carboxylic acids is 1. The van der Waals surface area contributed by atoms with Gasteiger partial charge in [-0.2, -0.15) is 0 Å². The van der Waals surface area contributed by atoms with Gasteiger partial charge in [0.05, 0.1) is 13.1 Å². The minimum Gasteiger partial charge on any atom is -0.341 e. The second-order valence-corrected chi connectivity index (χ2v) is 4.64. The van der Waals surface area contributed by atoms with Crippen molar-refractivity contribution in [1.82, 2.24) is 15.1 Å². The maximum Gasteiger partial charge on any atom is 0.236 e. The Morgan fingerprint density at radius 1 is 1.39 bits per heavy atom. The Kier molecular flexibility index (Phi) is 6.77. The summed E-state index contributed by atoms with van der Waals surface area (Å²) in [4.78, 5) is 16.3. The summed E-state index contributed by atoms with van der Waals surface area (Å²) in [7, 11) is 0. The number of nitrogens with zero attached hydrogens (tertiary/aromatic N) is 2. The van der Waals surface area contributed by atoms with Gasteiger partial charge < -0.3 is 9.80 Å². The maximum absolute atomic E-state index is 11.9. The predicted octanol–water partition coefficient (Wildman–Crippen LogP) is 0.542. The zero-order chi connectivity index (χ0) is 13.4. The average Bonchev–Trinajstić information content (AvgIpc) is 2.41. The molecule has 0 aliphatic carbocycles. The van der Waals surface area contributed by atoms with Crippen LogP contribution in [0.1, 0.15) is 26.7 Å². The summed E-state index contributed by atoms with van der Waals surface area (Å²) in [6.07, 6.45) is 7.30. The van der Waals surface area contributed by atoms with Crippen LogP contribution in [0.15, 0.2) is 0 Å². The molecule has 0 aromatic rings. The third-order valence-electron chi connectivity index (χ3n) is 3.65. The molecule has 0 radical (unpaired) electrons. The molecule has 1 heterocycles. The van der Waals surface area contributed by atoms with E-state index in [2.05, 4.69) is 30.0 Å². The van der Waals surface area contributed by atoms with E-state index in [1.54, 1.807) is 0 Å². The Morgan fingerprint density at radius 2 is 2.00 bits per heavy atom. The standard InChI is InChI=1S/C14H25N3O/c1-4-9-15-12-14(18)17-10-7-13(8-11-17)16(5-2)6-3/h1,13,15H,5-12H2,2-3H3. The SMILES string of the molecule is C#CCNCC(=O)N1CCC(N(CC)CC)CC1. The van der Waals surface area contributed by atoms with Crippen molar-refractivity contribution >= 4 is 5.91 Å². The first-order chi connectivity index (χ1) is 8.72. The van der Waals surface area contributed by atoms with E-state index in [1.807, 2.05) is 4.90 Å². The molecule has 1 rings (SSSR count). The highest BCUT2D eigenvalue weighted by Gasteiger charge is 2.24. The van der Waals surface area contributed by atoms with Crippen molar-refractivity contribution in [3.63, 3.8) is 0 Å². The Labute approximate surface area is 111 Å². The zero-order valence-electron chi connectivity index (χ0n) is 11.6. The summed E-state index contributed by atoms with van der Waals surface area (Å²) in [5, 5.41) is 2.95. The average molecular weight is 251 g/mol. The van der Waals surface area contributed by atoms with Gasteiger partial charge >= 0.3 is 0 Å². The van der Waals surface area contributed by atoms with E-state index in [4.69, 9.17) is 6.42 Å². The number of rotatable bonds is 6. The van der Waals surface area contributed by atoms with Gasteiger partial charge in [-0.25, -0.2) is 0 Å². The lowest BCUT2D eigenvalue weighted by atomic mass is 10.0. The van der Waals surface area contributed by atoms with Crippen LogP contribution in [-0.2, 0) is 4.79 Å². The fraction of sp³-hybridized carbons (Fsp3) is 0.786. The Hall–Kier alpha value is -1.05. The molecular weight excluding hydrogens is 226 g/mol. The van der Waals surface area contributed by atoms with Crippen LogP contribution in [0.3, 0.4) is 0 Å². The Morgan fingerprint density at radius 3 is 2.50 bits per heavy atom. The van der Waals surface area contributed by atoms with Gasteiger partial charge in [0.2, 0.25) is 5.91 Å². The number of likely N-dealkylation sites (tertiary alicyclic amines) is 1. The summed E-state index contributed by atoms with van der Waals surface area (Å²) in [6, 6.07) is 0.641. The number of amides is 1. The summed E-state index contributed by atoms with van der Waals surface area (Å²) in [5.74, 6) is 2.64. The fourth-order valence-corrected chi connectivity index (χ4v) is 2.57. The molecule has 0 atom stereocenters. The number of nitrogens with one attached hydrogen (secondary N) is 1. The molecule has 0 bridgehead atoms. The van der Waals surface area contributed by atoms with Gasteiger partial charge in [0, 0.05) is 19.1 Å². The van der Waals surface area contributed by atoms with Crippen LogP contribution in [0.2, 0.25) is 0 Å². The van der Waals surface area contributed by atoms with Crippen LogP contribution in [0.25, 0.3) is 0 Å². The molecule has 4 nitrogen and oxygen atoms in total. The lowest BCUT2D eigenvalue weighted by Crippen LogP contribution is -2.48. The second kappa shape index (κ2) is 8.12. The number of hydrogen-bond acceptors (Lipinski definition) is 3. The molecule has 0 aromatic carbocycles. The summed E-state index contributed by atoms with van der Waals surface area (Å²) >= 11 is 0. The lowest BCUT2D eigenvalue weighted by molar-refractivity contribution is -0.131. The van der Waals surface area contributed by atoms with Gasteiger partial charge in [0.1, 0.15) is 0 Å². The van der Waals surface area contributed by atoms with Crippen molar-refractivity contribution in [2.24, 2.45) is 0 Å². The smallest absolute Gasteiger partial charge is 0.236 e. The van der Waals surface area contributed by atoms with Crippen LogP contribution in [0.5, 0.6) is 0 Å². The highest BCUT2D eigenvalue weighted by Crippen LogP contribution is 2.16. The van der Waals surface area contributed by atoms with Crippen molar-refractivity contribution in [2.45, 2.75) is 32.7 Å². The van der Waals surface area contributed by atoms with Gasteiger partial charge in [-0.1, -0.05) is 19.8 Å². The van der Waals surface area contributed by atoms with Crippen LogP contribution < -0.4 is 5.32 Å². The molecule has 1 N–H and O–H groups in total. The van der Waals surface area contributed by atoms with E-state index in [0.29, 0.717) is 19.1 Å². The van der Waals surface area contributed by atoms with Crippen LogP contribution >= 0.6 is 0 Å². The molecule has 1 saturated heterocycles. The monoisotopic (exact) mass is 251 g/mol. The first-order valence-electron chi connectivity index (χ1n) is 6.88. The van der Waals surface area contributed by atoms with Crippen molar-refractivity contribution in [1.29, 1.82) is 0 Å². The molecule has 4 heteroatoms. The summed E-state index contributed by atoms with van der Waals surface area (Å²) in [6.45, 7) is 9.16. The van der Waals surface area contributed by atoms with Crippen LogP contribution in [-0.4, -0.2) is 61.0 Å². The van der Waals surface area contributed by atoms with Gasteiger partial charge in [0.15, 0.2) is 0 Å². The summed E-state index contributed by atoms with van der Waals surface area (Å²) < 4.78 is 0. The molecule has 0 saturated carbocycles. The molecule has 1 fully saturated rings. The number of carbonyl (C=O) groups is 1. The topological polar surface area (TPSA) is 35.6 Å². The number of piperidine rings is 1. The minimum atomic E-state index is 0.170. The zero-order valence-corrected chi connectivity index (χ0v) is 11.6. The van der Waals surface area contributed by atoms with Crippen molar-refractivity contribution < 1.29 is 4.79 Å². The van der Waals surface area contributed by atoms with E-state index in [1.165, 1.54) is 0 Å². The minimum absolute atomic E-state index is 0.170. The molecule has 1 aliphatic heterocycles. The Bertz CT molecular complexity index is 286. The molecule has 0 spiro atoms. The molecular formula is C14H25N3O. The lowest BCUT2D eigenvalue weighted by Gasteiger charge is -2.37.